The number of halogens is 2. The molecule has 7 heteroatoms. The van der Waals surface area contributed by atoms with Gasteiger partial charge in [-0.1, -0.05) is 17.7 Å². The molecule has 25 heavy (non-hydrogen) atoms. The van der Waals surface area contributed by atoms with Gasteiger partial charge in [0, 0.05) is 5.69 Å². The van der Waals surface area contributed by atoms with Crippen LogP contribution in [0, 0.1) is 12.7 Å². The van der Waals surface area contributed by atoms with Crippen molar-refractivity contribution in [2.24, 2.45) is 0 Å². The average molecular weight is 381 g/mol. The van der Waals surface area contributed by atoms with E-state index in [-0.39, 0.29) is 23.4 Å². The quantitative estimate of drug-likeness (QED) is 0.776. The summed E-state index contributed by atoms with van der Waals surface area (Å²) in [6.07, 6.45) is 0. The minimum Gasteiger partial charge on any atom is -0.325 e. The van der Waals surface area contributed by atoms with Crippen LogP contribution in [0.4, 0.5) is 15.8 Å². The maximum atomic E-state index is 12.8. The Bertz CT molecular complexity index is 768. The summed E-state index contributed by atoms with van der Waals surface area (Å²) in [5.41, 5.74) is 2.05. The van der Waals surface area contributed by atoms with E-state index in [2.05, 4.69) is 10.6 Å². The van der Waals surface area contributed by atoms with Gasteiger partial charge >= 0.3 is 0 Å². The van der Waals surface area contributed by atoms with E-state index in [0.717, 1.165) is 5.56 Å². The van der Waals surface area contributed by atoms with Crippen LogP contribution in [-0.4, -0.2) is 22.8 Å². The monoisotopic (exact) mass is 380 g/mol. The molecule has 0 saturated heterocycles. The second kappa shape index (κ2) is 8.87. The number of thioether (sulfide) groups is 1. The summed E-state index contributed by atoms with van der Waals surface area (Å²) in [6.45, 7) is 3.63. The van der Waals surface area contributed by atoms with Crippen molar-refractivity contribution < 1.29 is 14.0 Å². The number of benzene rings is 2. The number of nitrogens with one attached hydrogen (secondary N) is 2. The van der Waals surface area contributed by atoms with Gasteiger partial charge < -0.3 is 10.6 Å². The molecular weight excluding hydrogens is 363 g/mol. The smallest absolute Gasteiger partial charge is 0.237 e. The summed E-state index contributed by atoms with van der Waals surface area (Å²) in [7, 11) is 0. The van der Waals surface area contributed by atoms with Crippen molar-refractivity contribution in [2.75, 3.05) is 16.4 Å². The fraction of sp³-hybridized carbons (Fsp3) is 0.222. The summed E-state index contributed by atoms with van der Waals surface area (Å²) in [4.78, 5) is 24.1. The van der Waals surface area contributed by atoms with E-state index in [4.69, 9.17) is 11.6 Å². The number of hydrogen-bond donors (Lipinski definition) is 2. The molecule has 0 unspecified atom stereocenters. The predicted octanol–water partition coefficient (Wildman–Crippen LogP) is 4.49. The zero-order valence-electron chi connectivity index (χ0n) is 13.8. The third-order valence-electron chi connectivity index (χ3n) is 3.34. The first kappa shape index (κ1) is 19.3. The SMILES string of the molecule is Cc1ccc(NC(=O)[C@H](C)SCC(=O)Nc2ccc(F)cc2)c(Cl)c1. The number of hydrogen-bond acceptors (Lipinski definition) is 3. The maximum Gasteiger partial charge on any atom is 0.237 e. The molecule has 0 radical (unpaired) electrons. The molecule has 2 aromatic rings. The van der Waals surface area contributed by atoms with Crippen molar-refractivity contribution in [3.8, 4) is 0 Å². The van der Waals surface area contributed by atoms with Crippen LogP contribution in [-0.2, 0) is 9.59 Å². The second-order valence-electron chi connectivity index (χ2n) is 5.48. The lowest BCUT2D eigenvalue weighted by Crippen LogP contribution is -2.25. The van der Waals surface area contributed by atoms with Crippen LogP contribution < -0.4 is 10.6 Å². The topological polar surface area (TPSA) is 58.2 Å². The summed E-state index contributed by atoms with van der Waals surface area (Å²) < 4.78 is 12.8. The standard InChI is InChI=1S/C18H18ClFN2O2S/c1-11-3-8-16(15(19)9-11)22-18(24)12(2)25-10-17(23)21-14-6-4-13(20)5-7-14/h3-9,12H,10H2,1-2H3,(H,21,23)(H,22,24)/t12-/m0/s1. The van der Waals surface area contributed by atoms with Gasteiger partial charge in [0.15, 0.2) is 0 Å². The van der Waals surface area contributed by atoms with Gasteiger partial charge in [-0.25, -0.2) is 4.39 Å². The fourth-order valence-electron chi connectivity index (χ4n) is 1.96. The molecule has 0 bridgehead atoms. The fourth-order valence-corrected chi connectivity index (χ4v) is 2.93. The maximum absolute atomic E-state index is 12.8. The van der Waals surface area contributed by atoms with Crippen LogP contribution in [0.25, 0.3) is 0 Å². The van der Waals surface area contributed by atoms with Crippen molar-refractivity contribution in [3.63, 3.8) is 0 Å². The number of aryl methyl sites for hydroxylation is 1. The van der Waals surface area contributed by atoms with E-state index in [1.54, 1.807) is 19.1 Å². The first-order valence-corrected chi connectivity index (χ1v) is 9.02. The van der Waals surface area contributed by atoms with E-state index < -0.39 is 5.25 Å². The van der Waals surface area contributed by atoms with E-state index >= 15 is 0 Å². The summed E-state index contributed by atoms with van der Waals surface area (Å²) in [5, 5.41) is 5.44. The van der Waals surface area contributed by atoms with Crippen molar-refractivity contribution in [2.45, 2.75) is 19.1 Å². The van der Waals surface area contributed by atoms with Crippen LogP contribution in [0.1, 0.15) is 12.5 Å². The Labute approximate surface area is 155 Å². The Morgan fingerprint density at radius 2 is 1.84 bits per heavy atom. The van der Waals surface area contributed by atoms with E-state index in [9.17, 15) is 14.0 Å². The van der Waals surface area contributed by atoms with Crippen molar-refractivity contribution in [1.29, 1.82) is 0 Å². The number of rotatable bonds is 6. The van der Waals surface area contributed by atoms with E-state index in [0.29, 0.717) is 16.4 Å². The van der Waals surface area contributed by atoms with Crippen LogP contribution >= 0.6 is 23.4 Å². The number of amides is 2. The van der Waals surface area contributed by atoms with E-state index in [1.165, 1.54) is 36.0 Å². The highest BCUT2D eigenvalue weighted by Crippen LogP contribution is 2.24. The van der Waals surface area contributed by atoms with Gasteiger partial charge in [0.2, 0.25) is 11.8 Å². The molecule has 0 aromatic heterocycles. The third-order valence-corrected chi connectivity index (χ3v) is 4.80. The lowest BCUT2D eigenvalue weighted by Gasteiger charge is -2.13. The first-order valence-electron chi connectivity index (χ1n) is 7.59. The Balaban J connectivity index is 1.82. The van der Waals surface area contributed by atoms with Crippen LogP contribution in [0.15, 0.2) is 42.5 Å². The molecule has 0 aliphatic rings. The van der Waals surface area contributed by atoms with Crippen LogP contribution in [0.3, 0.4) is 0 Å². The van der Waals surface area contributed by atoms with Crippen LogP contribution in [0.2, 0.25) is 5.02 Å². The molecule has 2 N–H and O–H groups in total. The molecule has 132 valence electrons. The molecule has 2 rings (SSSR count). The molecule has 0 fully saturated rings. The van der Waals surface area contributed by atoms with Crippen molar-refractivity contribution >= 4 is 46.6 Å². The Morgan fingerprint density at radius 3 is 2.48 bits per heavy atom. The van der Waals surface area contributed by atoms with Gasteiger partial charge in [-0.05, 0) is 55.8 Å². The second-order valence-corrected chi connectivity index (χ2v) is 7.22. The molecule has 0 saturated carbocycles. The highest BCUT2D eigenvalue weighted by atomic mass is 35.5. The summed E-state index contributed by atoms with van der Waals surface area (Å²) >= 11 is 7.30. The Kier molecular flexibility index (Phi) is 6.84. The Morgan fingerprint density at radius 1 is 1.16 bits per heavy atom. The highest BCUT2D eigenvalue weighted by molar-refractivity contribution is 8.01. The lowest BCUT2D eigenvalue weighted by atomic mass is 10.2. The highest BCUT2D eigenvalue weighted by Gasteiger charge is 2.16. The van der Waals surface area contributed by atoms with Gasteiger partial charge in [-0.3, -0.25) is 9.59 Å². The first-order chi connectivity index (χ1) is 11.8. The average Bonchev–Trinajstić information content (AvgIpc) is 2.57. The van der Waals surface area contributed by atoms with Crippen molar-refractivity contribution in [1.82, 2.24) is 0 Å². The van der Waals surface area contributed by atoms with Gasteiger partial charge in [0.1, 0.15) is 5.82 Å². The number of carbonyl (C=O) groups is 2. The Hall–Kier alpha value is -2.05. The molecule has 4 nitrogen and oxygen atoms in total. The molecule has 0 aliphatic heterocycles. The minimum atomic E-state index is -0.434. The van der Waals surface area contributed by atoms with Gasteiger partial charge in [0.25, 0.3) is 0 Å². The van der Waals surface area contributed by atoms with Crippen molar-refractivity contribution in [3.05, 3.63) is 58.9 Å². The molecule has 2 aromatic carbocycles. The van der Waals surface area contributed by atoms with E-state index in [1.807, 2.05) is 13.0 Å². The molecule has 0 aliphatic carbocycles. The van der Waals surface area contributed by atoms with Gasteiger partial charge in [-0.15, -0.1) is 11.8 Å². The largest absolute Gasteiger partial charge is 0.325 e. The minimum absolute atomic E-state index is 0.105. The molecular formula is C18H18ClFN2O2S. The van der Waals surface area contributed by atoms with Gasteiger partial charge in [0.05, 0.1) is 21.7 Å². The number of carbonyl (C=O) groups excluding carboxylic acids is 2. The lowest BCUT2D eigenvalue weighted by molar-refractivity contribution is -0.115. The molecule has 2 amide bonds. The summed E-state index contributed by atoms with van der Waals surface area (Å²) in [6, 6.07) is 10.9. The van der Waals surface area contributed by atoms with Crippen LogP contribution in [0.5, 0.6) is 0 Å². The predicted molar refractivity (Wildman–Crippen MR) is 102 cm³/mol. The zero-order chi connectivity index (χ0) is 18.4. The van der Waals surface area contributed by atoms with Gasteiger partial charge in [-0.2, -0.15) is 0 Å². The molecule has 1 atom stereocenters. The number of anilines is 2. The molecule has 0 spiro atoms. The molecule has 0 heterocycles. The summed E-state index contributed by atoms with van der Waals surface area (Å²) in [5.74, 6) is -0.754. The normalized spacial score (nSPS) is 11.7. The third kappa shape index (κ3) is 6.07. The zero-order valence-corrected chi connectivity index (χ0v) is 15.4.